The summed E-state index contributed by atoms with van der Waals surface area (Å²) in [5, 5.41) is 0. The second-order valence-electron chi connectivity index (χ2n) is 6.09. The van der Waals surface area contributed by atoms with Crippen LogP contribution in [0.1, 0.15) is 58.3 Å². The van der Waals surface area contributed by atoms with E-state index in [4.69, 9.17) is 5.73 Å². The van der Waals surface area contributed by atoms with Gasteiger partial charge in [0.15, 0.2) is 0 Å². The van der Waals surface area contributed by atoms with Crippen molar-refractivity contribution >= 4 is 6.03 Å². The zero-order valence-corrected chi connectivity index (χ0v) is 12.3. The standard InChI is InChI=1S/C15H29N3O/c1-2-10-18(14-8-6-13(16)7-9-14)15(19)17-11-4-3-5-12-17/h13-14H,2-12,16H2,1H3. The molecule has 0 aromatic rings. The van der Waals surface area contributed by atoms with Crippen molar-refractivity contribution in [3.05, 3.63) is 0 Å². The maximum Gasteiger partial charge on any atom is 0.320 e. The highest BCUT2D eigenvalue weighted by Crippen LogP contribution is 2.24. The van der Waals surface area contributed by atoms with Crippen LogP contribution >= 0.6 is 0 Å². The molecule has 2 rings (SSSR count). The molecule has 0 spiro atoms. The number of carbonyl (C=O) groups is 1. The predicted molar refractivity (Wildman–Crippen MR) is 78.0 cm³/mol. The summed E-state index contributed by atoms with van der Waals surface area (Å²) < 4.78 is 0. The lowest BCUT2D eigenvalue weighted by Gasteiger charge is -2.40. The van der Waals surface area contributed by atoms with E-state index < -0.39 is 0 Å². The van der Waals surface area contributed by atoms with Gasteiger partial charge >= 0.3 is 6.03 Å². The lowest BCUT2D eigenvalue weighted by atomic mass is 9.90. The summed E-state index contributed by atoms with van der Waals surface area (Å²) in [4.78, 5) is 16.9. The molecule has 1 saturated heterocycles. The molecule has 0 radical (unpaired) electrons. The Bertz CT molecular complexity index is 281. The lowest BCUT2D eigenvalue weighted by Crippen LogP contribution is -2.51. The summed E-state index contributed by atoms with van der Waals surface area (Å²) in [7, 11) is 0. The molecule has 19 heavy (non-hydrogen) atoms. The third kappa shape index (κ3) is 3.85. The van der Waals surface area contributed by atoms with E-state index >= 15 is 0 Å². The molecule has 1 heterocycles. The van der Waals surface area contributed by atoms with Crippen molar-refractivity contribution in [1.29, 1.82) is 0 Å². The molecule has 0 aromatic carbocycles. The summed E-state index contributed by atoms with van der Waals surface area (Å²) in [6, 6.07) is 1.06. The Morgan fingerprint density at radius 3 is 2.37 bits per heavy atom. The Kier molecular flexibility index (Phi) is 5.49. The molecule has 0 unspecified atom stereocenters. The van der Waals surface area contributed by atoms with Gasteiger partial charge in [0.25, 0.3) is 0 Å². The van der Waals surface area contributed by atoms with Crippen LogP contribution in [0.15, 0.2) is 0 Å². The van der Waals surface area contributed by atoms with Gasteiger partial charge in [-0.05, 0) is 51.4 Å². The van der Waals surface area contributed by atoms with E-state index in [0.717, 1.165) is 51.7 Å². The normalized spacial score (nSPS) is 28.2. The number of urea groups is 1. The highest BCUT2D eigenvalue weighted by molar-refractivity contribution is 5.75. The smallest absolute Gasteiger partial charge is 0.320 e. The molecule has 1 saturated carbocycles. The minimum Gasteiger partial charge on any atom is -0.328 e. The zero-order chi connectivity index (χ0) is 13.7. The molecular formula is C15H29N3O. The fraction of sp³-hybridized carbons (Fsp3) is 0.933. The molecule has 0 atom stereocenters. The van der Waals surface area contributed by atoms with Gasteiger partial charge in [0.1, 0.15) is 0 Å². The van der Waals surface area contributed by atoms with Crippen molar-refractivity contribution in [2.75, 3.05) is 19.6 Å². The molecule has 110 valence electrons. The van der Waals surface area contributed by atoms with Crippen molar-refractivity contribution in [2.24, 2.45) is 5.73 Å². The van der Waals surface area contributed by atoms with Gasteiger partial charge in [0.05, 0.1) is 0 Å². The number of carbonyl (C=O) groups excluding carboxylic acids is 1. The van der Waals surface area contributed by atoms with Crippen molar-refractivity contribution in [2.45, 2.75) is 70.4 Å². The predicted octanol–water partition coefficient (Wildman–Crippen LogP) is 2.57. The van der Waals surface area contributed by atoms with Gasteiger partial charge in [0.2, 0.25) is 0 Å². The summed E-state index contributed by atoms with van der Waals surface area (Å²) in [6.45, 7) is 4.96. The van der Waals surface area contributed by atoms with E-state index in [1.165, 1.54) is 19.3 Å². The molecule has 0 aromatic heterocycles. The molecule has 1 aliphatic carbocycles. The Morgan fingerprint density at radius 1 is 1.16 bits per heavy atom. The first-order chi connectivity index (χ1) is 9.22. The number of hydrogen-bond donors (Lipinski definition) is 1. The minimum absolute atomic E-state index is 0.280. The Balaban J connectivity index is 1.95. The number of nitrogens with zero attached hydrogens (tertiary/aromatic N) is 2. The van der Waals surface area contributed by atoms with Crippen molar-refractivity contribution < 1.29 is 4.79 Å². The van der Waals surface area contributed by atoms with Crippen LogP contribution in [-0.4, -0.2) is 47.5 Å². The third-order valence-corrected chi connectivity index (χ3v) is 4.52. The first-order valence-corrected chi connectivity index (χ1v) is 8.03. The summed E-state index contributed by atoms with van der Waals surface area (Å²) >= 11 is 0. The van der Waals surface area contributed by atoms with Crippen LogP contribution in [0.3, 0.4) is 0 Å². The number of nitrogens with two attached hydrogens (primary N) is 1. The van der Waals surface area contributed by atoms with Crippen LogP contribution in [0.25, 0.3) is 0 Å². The zero-order valence-electron chi connectivity index (χ0n) is 12.3. The number of likely N-dealkylation sites (tertiary alicyclic amines) is 1. The molecule has 4 nitrogen and oxygen atoms in total. The van der Waals surface area contributed by atoms with Crippen molar-refractivity contribution in [3.63, 3.8) is 0 Å². The van der Waals surface area contributed by atoms with Gasteiger partial charge in [-0.1, -0.05) is 6.92 Å². The van der Waals surface area contributed by atoms with Crippen molar-refractivity contribution in [3.8, 4) is 0 Å². The summed E-state index contributed by atoms with van der Waals surface area (Å²) in [6.07, 6.45) is 8.96. The highest BCUT2D eigenvalue weighted by atomic mass is 16.2. The van der Waals surface area contributed by atoms with E-state index in [1.807, 2.05) is 0 Å². The molecule has 4 heteroatoms. The Morgan fingerprint density at radius 2 is 1.79 bits per heavy atom. The fourth-order valence-electron chi connectivity index (χ4n) is 3.36. The van der Waals surface area contributed by atoms with Crippen molar-refractivity contribution in [1.82, 2.24) is 9.80 Å². The number of piperidine rings is 1. The van der Waals surface area contributed by atoms with E-state index in [0.29, 0.717) is 12.1 Å². The summed E-state index contributed by atoms with van der Waals surface area (Å²) in [5.74, 6) is 0. The monoisotopic (exact) mass is 267 g/mol. The average molecular weight is 267 g/mol. The molecular weight excluding hydrogens is 238 g/mol. The van der Waals surface area contributed by atoms with Crippen LogP contribution in [0.4, 0.5) is 4.79 Å². The first kappa shape index (κ1) is 14.6. The van der Waals surface area contributed by atoms with Gasteiger partial charge in [-0.15, -0.1) is 0 Å². The van der Waals surface area contributed by atoms with Crippen LogP contribution in [0.2, 0.25) is 0 Å². The maximum atomic E-state index is 12.7. The maximum absolute atomic E-state index is 12.7. The first-order valence-electron chi connectivity index (χ1n) is 8.03. The molecule has 2 fully saturated rings. The molecule has 2 aliphatic rings. The number of hydrogen-bond acceptors (Lipinski definition) is 2. The molecule has 0 bridgehead atoms. The SMILES string of the molecule is CCCN(C(=O)N1CCCCC1)C1CCC(N)CC1. The minimum atomic E-state index is 0.280. The molecule has 2 N–H and O–H groups in total. The van der Waals surface area contributed by atoms with Gasteiger partial charge < -0.3 is 15.5 Å². The van der Waals surface area contributed by atoms with Crippen LogP contribution in [0.5, 0.6) is 0 Å². The van der Waals surface area contributed by atoms with Crippen LogP contribution in [0, 0.1) is 0 Å². The van der Waals surface area contributed by atoms with Crippen LogP contribution in [-0.2, 0) is 0 Å². The largest absolute Gasteiger partial charge is 0.328 e. The fourth-order valence-corrected chi connectivity index (χ4v) is 3.36. The average Bonchev–Trinajstić information content (AvgIpc) is 2.46. The quantitative estimate of drug-likeness (QED) is 0.854. The van der Waals surface area contributed by atoms with E-state index in [-0.39, 0.29) is 6.03 Å². The molecule has 1 aliphatic heterocycles. The van der Waals surface area contributed by atoms with Gasteiger partial charge in [-0.3, -0.25) is 0 Å². The lowest BCUT2D eigenvalue weighted by molar-refractivity contribution is 0.110. The van der Waals surface area contributed by atoms with Crippen LogP contribution < -0.4 is 5.73 Å². The third-order valence-electron chi connectivity index (χ3n) is 4.52. The Labute approximate surface area is 117 Å². The van der Waals surface area contributed by atoms with Gasteiger partial charge in [-0.25, -0.2) is 4.79 Å². The van der Waals surface area contributed by atoms with E-state index in [2.05, 4.69) is 16.7 Å². The second-order valence-corrected chi connectivity index (χ2v) is 6.09. The number of rotatable bonds is 3. The van der Waals surface area contributed by atoms with Gasteiger partial charge in [0, 0.05) is 31.7 Å². The second kappa shape index (κ2) is 7.13. The van der Waals surface area contributed by atoms with E-state index in [1.54, 1.807) is 0 Å². The Hall–Kier alpha value is -0.770. The topological polar surface area (TPSA) is 49.6 Å². The summed E-state index contributed by atoms with van der Waals surface area (Å²) in [5.41, 5.74) is 5.98. The van der Waals surface area contributed by atoms with Gasteiger partial charge in [-0.2, -0.15) is 0 Å². The molecule has 2 amide bonds. The highest BCUT2D eigenvalue weighted by Gasteiger charge is 2.30. The number of amides is 2. The van der Waals surface area contributed by atoms with E-state index in [9.17, 15) is 4.79 Å².